The maximum absolute atomic E-state index is 6.00. The van der Waals surface area contributed by atoms with Gasteiger partial charge in [0.2, 0.25) is 0 Å². The lowest BCUT2D eigenvalue weighted by molar-refractivity contribution is 0.303. The average molecular weight is 303 g/mol. The Morgan fingerprint density at radius 1 is 0.783 bits per heavy atom. The first-order chi connectivity index (χ1) is 11.3. The molecule has 3 aromatic carbocycles. The van der Waals surface area contributed by atoms with Crippen LogP contribution in [0.4, 0.5) is 5.69 Å². The maximum Gasteiger partial charge on any atom is 0.124 e. The number of hydrogen-bond acceptors (Lipinski definition) is 2. The van der Waals surface area contributed by atoms with Crippen molar-refractivity contribution in [3.63, 3.8) is 0 Å². The first-order valence-corrected chi connectivity index (χ1v) is 7.87. The standard InChI is InChI=1S/C21H21NO/c1-17-9-5-7-13-20(17)22-15-19-12-6-8-14-21(19)23-16-18-10-3-2-4-11-18/h2-14,22H,15-16H2,1H3. The van der Waals surface area contributed by atoms with Crippen LogP contribution >= 0.6 is 0 Å². The van der Waals surface area contributed by atoms with E-state index in [-0.39, 0.29) is 0 Å². The molecule has 0 unspecified atom stereocenters. The topological polar surface area (TPSA) is 21.3 Å². The lowest BCUT2D eigenvalue weighted by Gasteiger charge is -2.14. The lowest BCUT2D eigenvalue weighted by atomic mass is 10.1. The number of aryl methyl sites for hydroxylation is 1. The Kier molecular flexibility index (Phi) is 4.95. The van der Waals surface area contributed by atoms with Crippen LogP contribution in [-0.4, -0.2) is 0 Å². The summed E-state index contributed by atoms with van der Waals surface area (Å²) in [5.41, 5.74) is 4.74. The van der Waals surface area contributed by atoms with Gasteiger partial charge in [0, 0.05) is 17.8 Å². The Hall–Kier alpha value is -2.74. The number of para-hydroxylation sites is 2. The van der Waals surface area contributed by atoms with E-state index in [0.29, 0.717) is 6.61 Å². The Bertz CT molecular complexity index is 753. The van der Waals surface area contributed by atoms with E-state index < -0.39 is 0 Å². The molecule has 0 spiro atoms. The Balaban J connectivity index is 1.67. The highest BCUT2D eigenvalue weighted by atomic mass is 16.5. The minimum Gasteiger partial charge on any atom is -0.489 e. The molecule has 0 saturated heterocycles. The van der Waals surface area contributed by atoms with E-state index >= 15 is 0 Å². The highest BCUT2D eigenvalue weighted by molar-refractivity contribution is 5.51. The first-order valence-electron chi connectivity index (χ1n) is 7.87. The molecule has 2 nitrogen and oxygen atoms in total. The predicted octanol–water partition coefficient (Wildman–Crippen LogP) is 5.19. The van der Waals surface area contributed by atoms with Crippen molar-refractivity contribution < 1.29 is 4.74 Å². The molecular weight excluding hydrogens is 282 g/mol. The largest absolute Gasteiger partial charge is 0.489 e. The SMILES string of the molecule is Cc1ccccc1NCc1ccccc1OCc1ccccc1. The minimum atomic E-state index is 0.586. The van der Waals surface area contributed by atoms with Crippen LogP contribution in [0.5, 0.6) is 5.75 Å². The van der Waals surface area contributed by atoms with Crippen molar-refractivity contribution in [3.8, 4) is 5.75 Å². The predicted molar refractivity (Wildman–Crippen MR) is 95.7 cm³/mol. The maximum atomic E-state index is 6.00. The zero-order chi connectivity index (χ0) is 15.9. The van der Waals surface area contributed by atoms with Gasteiger partial charge in [-0.3, -0.25) is 0 Å². The van der Waals surface area contributed by atoms with Crippen LogP contribution in [0.1, 0.15) is 16.7 Å². The van der Waals surface area contributed by atoms with Gasteiger partial charge < -0.3 is 10.1 Å². The highest BCUT2D eigenvalue weighted by Crippen LogP contribution is 2.22. The molecule has 0 radical (unpaired) electrons. The van der Waals surface area contributed by atoms with Crippen LogP contribution in [-0.2, 0) is 13.2 Å². The number of ether oxygens (including phenoxy) is 1. The average Bonchev–Trinajstić information content (AvgIpc) is 2.61. The van der Waals surface area contributed by atoms with E-state index in [1.165, 1.54) is 11.1 Å². The summed E-state index contributed by atoms with van der Waals surface area (Å²) in [6.45, 7) is 3.44. The van der Waals surface area contributed by atoms with E-state index in [2.05, 4.69) is 48.6 Å². The van der Waals surface area contributed by atoms with Crippen LogP contribution < -0.4 is 10.1 Å². The van der Waals surface area contributed by atoms with Gasteiger partial charge in [-0.2, -0.15) is 0 Å². The van der Waals surface area contributed by atoms with Crippen LogP contribution in [0.15, 0.2) is 78.9 Å². The van der Waals surface area contributed by atoms with Crippen LogP contribution in [0.3, 0.4) is 0 Å². The molecule has 0 bridgehead atoms. The number of benzene rings is 3. The Labute approximate surface area is 137 Å². The second-order valence-electron chi connectivity index (χ2n) is 5.55. The summed E-state index contributed by atoms with van der Waals surface area (Å²) in [7, 11) is 0. The second kappa shape index (κ2) is 7.50. The molecule has 3 aromatic rings. The van der Waals surface area contributed by atoms with Crippen molar-refractivity contribution in [1.29, 1.82) is 0 Å². The lowest BCUT2D eigenvalue weighted by Crippen LogP contribution is -2.04. The van der Waals surface area contributed by atoms with Gasteiger partial charge in [0.25, 0.3) is 0 Å². The van der Waals surface area contributed by atoms with Gasteiger partial charge >= 0.3 is 0 Å². The molecule has 0 aliphatic rings. The summed E-state index contributed by atoms with van der Waals surface area (Å²) in [5.74, 6) is 0.928. The summed E-state index contributed by atoms with van der Waals surface area (Å²) >= 11 is 0. The quantitative estimate of drug-likeness (QED) is 0.677. The second-order valence-corrected chi connectivity index (χ2v) is 5.55. The molecule has 0 amide bonds. The molecule has 23 heavy (non-hydrogen) atoms. The highest BCUT2D eigenvalue weighted by Gasteiger charge is 2.04. The van der Waals surface area contributed by atoms with Gasteiger partial charge in [-0.15, -0.1) is 0 Å². The summed E-state index contributed by atoms with van der Waals surface area (Å²) in [4.78, 5) is 0. The molecule has 0 aromatic heterocycles. The summed E-state index contributed by atoms with van der Waals surface area (Å²) in [6, 6.07) is 26.7. The molecule has 0 saturated carbocycles. The molecule has 0 fully saturated rings. The van der Waals surface area contributed by atoms with Crippen LogP contribution in [0.2, 0.25) is 0 Å². The molecule has 0 aliphatic carbocycles. The normalized spacial score (nSPS) is 10.3. The van der Waals surface area contributed by atoms with E-state index in [9.17, 15) is 0 Å². The molecule has 116 valence electrons. The van der Waals surface area contributed by atoms with E-state index in [4.69, 9.17) is 4.74 Å². The fourth-order valence-electron chi connectivity index (χ4n) is 2.49. The Morgan fingerprint density at radius 3 is 2.30 bits per heavy atom. The van der Waals surface area contributed by atoms with E-state index in [0.717, 1.165) is 23.5 Å². The summed E-state index contributed by atoms with van der Waals surface area (Å²) < 4.78 is 6.00. The van der Waals surface area contributed by atoms with Gasteiger partial charge in [0.1, 0.15) is 12.4 Å². The zero-order valence-electron chi connectivity index (χ0n) is 13.3. The molecule has 3 rings (SSSR count). The number of rotatable bonds is 6. The van der Waals surface area contributed by atoms with Crippen molar-refractivity contribution >= 4 is 5.69 Å². The molecule has 2 heteroatoms. The third kappa shape index (κ3) is 4.13. The number of anilines is 1. The molecule has 1 N–H and O–H groups in total. The van der Waals surface area contributed by atoms with Gasteiger partial charge in [-0.25, -0.2) is 0 Å². The number of hydrogen-bond donors (Lipinski definition) is 1. The van der Waals surface area contributed by atoms with E-state index in [1.807, 2.05) is 42.5 Å². The monoisotopic (exact) mass is 303 g/mol. The van der Waals surface area contributed by atoms with Crippen molar-refractivity contribution in [3.05, 3.63) is 95.6 Å². The fourth-order valence-corrected chi connectivity index (χ4v) is 2.49. The van der Waals surface area contributed by atoms with Crippen molar-refractivity contribution in [1.82, 2.24) is 0 Å². The van der Waals surface area contributed by atoms with Crippen LogP contribution in [0.25, 0.3) is 0 Å². The molecule has 0 heterocycles. The summed E-state index contributed by atoms with van der Waals surface area (Å²) in [6.07, 6.45) is 0. The van der Waals surface area contributed by atoms with Gasteiger partial charge in [-0.05, 0) is 30.2 Å². The van der Waals surface area contributed by atoms with Crippen molar-refractivity contribution in [2.75, 3.05) is 5.32 Å². The number of nitrogens with one attached hydrogen (secondary N) is 1. The minimum absolute atomic E-state index is 0.586. The first kappa shape index (κ1) is 15.2. The molecule has 0 aliphatic heterocycles. The zero-order valence-corrected chi connectivity index (χ0v) is 13.3. The van der Waals surface area contributed by atoms with Crippen molar-refractivity contribution in [2.45, 2.75) is 20.1 Å². The smallest absolute Gasteiger partial charge is 0.124 e. The van der Waals surface area contributed by atoms with Gasteiger partial charge in [-0.1, -0.05) is 66.7 Å². The van der Waals surface area contributed by atoms with Crippen LogP contribution in [0, 0.1) is 6.92 Å². The van der Waals surface area contributed by atoms with E-state index in [1.54, 1.807) is 0 Å². The Morgan fingerprint density at radius 2 is 1.48 bits per heavy atom. The fraction of sp³-hybridized carbons (Fsp3) is 0.143. The molecule has 0 atom stereocenters. The molecular formula is C21H21NO. The third-order valence-corrected chi connectivity index (χ3v) is 3.82. The van der Waals surface area contributed by atoms with Crippen molar-refractivity contribution in [2.24, 2.45) is 0 Å². The third-order valence-electron chi connectivity index (χ3n) is 3.82. The van der Waals surface area contributed by atoms with Gasteiger partial charge in [0.15, 0.2) is 0 Å². The summed E-state index contributed by atoms with van der Waals surface area (Å²) in [5, 5.41) is 3.49. The van der Waals surface area contributed by atoms with Gasteiger partial charge in [0.05, 0.1) is 0 Å².